The zero-order chi connectivity index (χ0) is 23.0. The summed E-state index contributed by atoms with van der Waals surface area (Å²) in [7, 11) is 0. The maximum atomic E-state index is 14.7. The molecular formula is C27H33F2N3O. The Hall–Kier alpha value is -2.44. The number of hydrogen-bond donors (Lipinski definition) is 1. The second-order valence-corrected chi connectivity index (χ2v) is 10.1. The minimum absolute atomic E-state index is 0.0241. The van der Waals surface area contributed by atoms with Gasteiger partial charge in [-0.3, -0.25) is 14.2 Å². The number of nitrogens with one attached hydrogen (secondary N) is 1. The lowest BCUT2D eigenvalue weighted by Gasteiger charge is -2.38. The SMILES string of the molecule is CC(C)(F)CN1CCc2c([nH]c3ccccc23)[C@H]1c1ccc(OCCN2CC(CF)C2)cc1. The number of ether oxygens (including phenoxy) is 1. The van der Waals surface area contributed by atoms with Crippen LogP contribution in [0, 0.1) is 5.92 Å². The first kappa shape index (κ1) is 22.4. The van der Waals surface area contributed by atoms with Crippen LogP contribution in [0.3, 0.4) is 0 Å². The normalized spacial score (nSPS) is 20.1. The van der Waals surface area contributed by atoms with Gasteiger partial charge in [-0.1, -0.05) is 30.3 Å². The van der Waals surface area contributed by atoms with Crippen LogP contribution in [0.1, 0.15) is 36.7 Å². The molecule has 1 aromatic heterocycles. The summed E-state index contributed by atoms with van der Waals surface area (Å²) in [5.41, 5.74) is 3.50. The van der Waals surface area contributed by atoms with E-state index in [1.54, 1.807) is 13.8 Å². The number of rotatable bonds is 8. The number of benzene rings is 2. The minimum Gasteiger partial charge on any atom is -0.492 e. The molecule has 1 N–H and O–H groups in total. The lowest BCUT2D eigenvalue weighted by molar-refractivity contribution is 0.0668. The molecule has 0 bridgehead atoms. The standard InChI is InChI=1S/C27H33F2N3O/c1-27(2,29)18-32-12-11-23-22-5-3-4-6-24(22)30-25(23)26(32)20-7-9-21(10-8-20)33-14-13-31-16-19(15-28)17-31/h3-10,19,26,30H,11-18H2,1-2H3/t26-/m1/s1. The Kier molecular flexibility index (Phi) is 6.14. The summed E-state index contributed by atoms with van der Waals surface area (Å²) in [6.45, 7) is 7.33. The first-order valence-electron chi connectivity index (χ1n) is 11.9. The van der Waals surface area contributed by atoms with E-state index < -0.39 is 5.67 Å². The van der Waals surface area contributed by atoms with E-state index in [0.717, 1.165) is 49.4 Å². The smallest absolute Gasteiger partial charge is 0.119 e. The van der Waals surface area contributed by atoms with Crippen molar-refractivity contribution in [3.05, 3.63) is 65.4 Å². The Morgan fingerprint density at radius 1 is 1.09 bits per heavy atom. The molecule has 1 saturated heterocycles. The van der Waals surface area contributed by atoms with Crippen LogP contribution in [0.5, 0.6) is 5.75 Å². The Labute approximate surface area is 194 Å². The molecule has 3 heterocycles. The molecule has 0 spiro atoms. The van der Waals surface area contributed by atoms with Crippen molar-refractivity contribution >= 4 is 10.9 Å². The summed E-state index contributed by atoms with van der Waals surface area (Å²) in [5.74, 6) is 1.03. The minimum atomic E-state index is -1.27. The first-order chi connectivity index (χ1) is 15.9. The van der Waals surface area contributed by atoms with Crippen LogP contribution in [-0.4, -0.2) is 66.5 Å². The summed E-state index contributed by atoms with van der Waals surface area (Å²) < 4.78 is 33.2. The highest BCUT2D eigenvalue weighted by molar-refractivity contribution is 5.85. The zero-order valence-corrected chi connectivity index (χ0v) is 19.5. The van der Waals surface area contributed by atoms with E-state index in [4.69, 9.17) is 4.74 Å². The van der Waals surface area contributed by atoms with Crippen LogP contribution in [0.2, 0.25) is 0 Å². The monoisotopic (exact) mass is 453 g/mol. The number of H-pyrrole nitrogens is 1. The third-order valence-corrected chi connectivity index (χ3v) is 6.84. The number of aromatic amines is 1. The molecule has 0 amide bonds. The second kappa shape index (κ2) is 9.07. The highest BCUT2D eigenvalue weighted by atomic mass is 19.1. The van der Waals surface area contributed by atoms with Gasteiger partial charge in [-0.25, -0.2) is 4.39 Å². The molecular weight excluding hydrogens is 420 g/mol. The molecule has 2 aliphatic heterocycles. The average molecular weight is 454 g/mol. The van der Waals surface area contributed by atoms with Crippen LogP contribution < -0.4 is 4.74 Å². The summed E-state index contributed by atoms with van der Waals surface area (Å²) in [6.07, 6.45) is 0.910. The molecule has 0 aliphatic carbocycles. The van der Waals surface area contributed by atoms with Gasteiger partial charge in [-0.15, -0.1) is 0 Å². The quantitative estimate of drug-likeness (QED) is 0.512. The maximum absolute atomic E-state index is 14.7. The molecule has 176 valence electrons. The van der Waals surface area contributed by atoms with Crippen molar-refractivity contribution in [2.45, 2.75) is 32.0 Å². The van der Waals surface area contributed by atoms with Crippen LogP contribution in [-0.2, 0) is 6.42 Å². The molecule has 0 unspecified atom stereocenters. The van der Waals surface area contributed by atoms with Crippen molar-refractivity contribution < 1.29 is 13.5 Å². The van der Waals surface area contributed by atoms with Crippen LogP contribution in [0.25, 0.3) is 10.9 Å². The van der Waals surface area contributed by atoms with Gasteiger partial charge in [-0.05, 0) is 49.6 Å². The Morgan fingerprint density at radius 3 is 2.58 bits per heavy atom. The van der Waals surface area contributed by atoms with Gasteiger partial charge < -0.3 is 9.72 Å². The lowest BCUT2D eigenvalue weighted by atomic mass is 9.91. The van der Waals surface area contributed by atoms with Gasteiger partial charge in [0.15, 0.2) is 0 Å². The molecule has 4 nitrogen and oxygen atoms in total. The molecule has 3 aromatic rings. The highest BCUT2D eigenvalue weighted by Crippen LogP contribution is 2.39. The predicted octanol–water partition coefficient (Wildman–Crippen LogP) is 5.14. The summed E-state index contributed by atoms with van der Waals surface area (Å²) in [4.78, 5) is 8.10. The van der Waals surface area contributed by atoms with E-state index in [1.807, 2.05) is 18.2 Å². The molecule has 2 aromatic carbocycles. The third kappa shape index (κ3) is 4.78. The second-order valence-electron chi connectivity index (χ2n) is 10.1. The van der Waals surface area contributed by atoms with E-state index in [9.17, 15) is 8.78 Å². The largest absolute Gasteiger partial charge is 0.492 e. The first-order valence-corrected chi connectivity index (χ1v) is 11.9. The number of hydrogen-bond acceptors (Lipinski definition) is 3. The molecule has 1 atom stereocenters. The van der Waals surface area contributed by atoms with Gasteiger partial charge in [-0.2, -0.15) is 0 Å². The van der Waals surface area contributed by atoms with Crippen LogP contribution in [0.15, 0.2) is 48.5 Å². The predicted molar refractivity (Wildman–Crippen MR) is 128 cm³/mol. The maximum Gasteiger partial charge on any atom is 0.119 e. The van der Waals surface area contributed by atoms with Gasteiger partial charge in [0, 0.05) is 55.2 Å². The van der Waals surface area contributed by atoms with E-state index in [1.165, 1.54) is 16.6 Å². The number of nitrogens with zero attached hydrogens (tertiary/aromatic N) is 2. The van der Waals surface area contributed by atoms with Crippen molar-refractivity contribution in [2.75, 3.05) is 46.0 Å². The van der Waals surface area contributed by atoms with Crippen molar-refractivity contribution in [3.63, 3.8) is 0 Å². The number of para-hydroxylation sites is 1. The summed E-state index contributed by atoms with van der Waals surface area (Å²) in [6, 6.07) is 16.6. The zero-order valence-electron chi connectivity index (χ0n) is 19.5. The van der Waals surface area contributed by atoms with E-state index in [-0.39, 0.29) is 18.6 Å². The Balaban J connectivity index is 1.35. The fourth-order valence-electron chi connectivity index (χ4n) is 5.32. The fraction of sp³-hybridized carbons (Fsp3) is 0.481. The topological polar surface area (TPSA) is 31.5 Å². The number of fused-ring (bicyclic) bond motifs is 3. The molecule has 1 fully saturated rings. The number of halogens is 2. The fourth-order valence-corrected chi connectivity index (χ4v) is 5.32. The van der Waals surface area contributed by atoms with Gasteiger partial charge in [0.25, 0.3) is 0 Å². The van der Waals surface area contributed by atoms with Gasteiger partial charge in [0.1, 0.15) is 18.0 Å². The number of likely N-dealkylation sites (tertiary alicyclic amines) is 1. The Morgan fingerprint density at radius 2 is 1.85 bits per heavy atom. The molecule has 5 rings (SSSR count). The van der Waals surface area contributed by atoms with Crippen LogP contribution in [0.4, 0.5) is 8.78 Å². The van der Waals surface area contributed by atoms with Crippen molar-refractivity contribution in [1.29, 1.82) is 0 Å². The number of aromatic nitrogens is 1. The van der Waals surface area contributed by atoms with Crippen molar-refractivity contribution in [1.82, 2.24) is 14.8 Å². The average Bonchev–Trinajstić information content (AvgIpc) is 3.13. The van der Waals surface area contributed by atoms with E-state index in [0.29, 0.717) is 13.2 Å². The molecule has 0 radical (unpaired) electrons. The Bertz CT molecular complexity index is 1080. The van der Waals surface area contributed by atoms with Crippen molar-refractivity contribution in [2.24, 2.45) is 5.92 Å². The van der Waals surface area contributed by atoms with Crippen LogP contribution >= 0.6 is 0 Å². The highest BCUT2D eigenvalue weighted by Gasteiger charge is 2.34. The van der Waals surface area contributed by atoms with E-state index >= 15 is 0 Å². The van der Waals surface area contributed by atoms with Crippen molar-refractivity contribution in [3.8, 4) is 5.75 Å². The van der Waals surface area contributed by atoms with E-state index in [2.05, 4.69) is 45.1 Å². The molecule has 0 saturated carbocycles. The lowest BCUT2D eigenvalue weighted by Crippen LogP contribution is -2.49. The molecule has 33 heavy (non-hydrogen) atoms. The summed E-state index contributed by atoms with van der Waals surface area (Å²) in [5, 5.41) is 1.26. The number of alkyl halides is 2. The van der Waals surface area contributed by atoms with Gasteiger partial charge in [0.2, 0.25) is 0 Å². The molecule has 6 heteroatoms. The van der Waals surface area contributed by atoms with Gasteiger partial charge in [0.05, 0.1) is 12.7 Å². The molecule has 2 aliphatic rings. The third-order valence-electron chi connectivity index (χ3n) is 6.84. The van der Waals surface area contributed by atoms with Gasteiger partial charge >= 0.3 is 0 Å². The summed E-state index contributed by atoms with van der Waals surface area (Å²) >= 11 is 0.